The summed E-state index contributed by atoms with van der Waals surface area (Å²) < 4.78 is 6.37. The number of rotatable bonds is 3. The zero-order valence-electron chi connectivity index (χ0n) is 12.8. The van der Waals surface area contributed by atoms with Crippen molar-refractivity contribution in [1.29, 1.82) is 0 Å². The molecular weight excluding hydrogens is 340 g/mol. The fourth-order valence-electron chi connectivity index (χ4n) is 2.57. The lowest BCUT2D eigenvalue weighted by molar-refractivity contribution is 0.412. The molecule has 112 valence electrons. The van der Waals surface area contributed by atoms with Gasteiger partial charge in [-0.3, -0.25) is 0 Å². The number of benzene rings is 2. The Morgan fingerprint density at radius 2 is 1.86 bits per heavy atom. The number of nitrogens with zero attached hydrogens (tertiary/aromatic N) is 1. The van der Waals surface area contributed by atoms with Crippen molar-refractivity contribution in [3.05, 3.63) is 58.2 Å². The van der Waals surface area contributed by atoms with Gasteiger partial charge in [-0.15, -0.1) is 0 Å². The van der Waals surface area contributed by atoms with E-state index in [-0.39, 0.29) is 0 Å². The van der Waals surface area contributed by atoms with Crippen LogP contribution in [0.15, 0.2) is 47.1 Å². The number of aromatic nitrogens is 1. The first-order chi connectivity index (χ1) is 10.6. The van der Waals surface area contributed by atoms with Crippen molar-refractivity contribution in [2.45, 2.75) is 13.8 Å². The van der Waals surface area contributed by atoms with E-state index >= 15 is 0 Å². The molecule has 0 amide bonds. The average Bonchev–Trinajstić information content (AvgIpc) is 2.54. The molecule has 1 aromatic heterocycles. The van der Waals surface area contributed by atoms with E-state index in [0.29, 0.717) is 0 Å². The van der Waals surface area contributed by atoms with Gasteiger partial charge in [-0.05, 0) is 41.4 Å². The number of fused-ring (bicyclic) bond motifs is 1. The summed E-state index contributed by atoms with van der Waals surface area (Å²) in [5, 5.41) is 5.69. The van der Waals surface area contributed by atoms with Gasteiger partial charge in [0, 0.05) is 28.2 Å². The van der Waals surface area contributed by atoms with E-state index in [0.717, 1.165) is 43.6 Å². The standard InChI is InChI=1S/C18H17BrN2O/c1-11-8-9-15(22-3)12(2)17(11)21-18-16(19)14-7-5-4-6-13(14)10-20-18/h4-10H,1-3H3,(H,20,21). The van der Waals surface area contributed by atoms with Gasteiger partial charge in [-0.25, -0.2) is 4.98 Å². The van der Waals surface area contributed by atoms with E-state index in [9.17, 15) is 0 Å². The summed E-state index contributed by atoms with van der Waals surface area (Å²) in [5.41, 5.74) is 3.26. The SMILES string of the molecule is COc1ccc(C)c(Nc2ncc3ccccc3c2Br)c1C. The summed E-state index contributed by atoms with van der Waals surface area (Å²) in [7, 11) is 1.69. The molecule has 0 fully saturated rings. The van der Waals surface area contributed by atoms with Crippen molar-refractivity contribution >= 4 is 38.2 Å². The lowest BCUT2D eigenvalue weighted by Crippen LogP contribution is -2.01. The second-order valence-electron chi connectivity index (χ2n) is 5.22. The number of anilines is 2. The molecule has 0 aliphatic heterocycles. The molecule has 0 saturated heterocycles. The number of hydrogen-bond acceptors (Lipinski definition) is 3. The maximum atomic E-state index is 5.41. The Balaban J connectivity index is 2.09. The van der Waals surface area contributed by atoms with Crippen molar-refractivity contribution in [3.8, 4) is 5.75 Å². The molecule has 22 heavy (non-hydrogen) atoms. The van der Waals surface area contributed by atoms with E-state index in [4.69, 9.17) is 4.74 Å². The Morgan fingerprint density at radius 1 is 1.09 bits per heavy atom. The maximum Gasteiger partial charge on any atom is 0.145 e. The Labute approximate surface area is 138 Å². The van der Waals surface area contributed by atoms with Crippen molar-refractivity contribution in [1.82, 2.24) is 4.98 Å². The highest BCUT2D eigenvalue weighted by molar-refractivity contribution is 9.10. The minimum absolute atomic E-state index is 0.804. The molecule has 0 saturated carbocycles. The molecule has 4 heteroatoms. The van der Waals surface area contributed by atoms with Crippen LogP contribution in [0.4, 0.5) is 11.5 Å². The van der Waals surface area contributed by atoms with Crippen LogP contribution in [0.2, 0.25) is 0 Å². The molecule has 0 unspecified atom stereocenters. The number of pyridine rings is 1. The summed E-state index contributed by atoms with van der Waals surface area (Å²) in [4.78, 5) is 4.54. The van der Waals surface area contributed by atoms with Gasteiger partial charge < -0.3 is 10.1 Å². The van der Waals surface area contributed by atoms with Crippen molar-refractivity contribution < 1.29 is 4.74 Å². The fourth-order valence-corrected chi connectivity index (χ4v) is 3.14. The van der Waals surface area contributed by atoms with Gasteiger partial charge >= 0.3 is 0 Å². The van der Waals surface area contributed by atoms with E-state index in [1.54, 1.807) is 7.11 Å². The molecule has 3 rings (SSSR count). The molecule has 0 aliphatic rings. The van der Waals surface area contributed by atoms with Crippen molar-refractivity contribution in [2.24, 2.45) is 0 Å². The van der Waals surface area contributed by atoms with Gasteiger partial charge in [0.1, 0.15) is 11.6 Å². The van der Waals surface area contributed by atoms with Gasteiger partial charge in [0.05, 0.1) is 11.6 Å². The lowest BCUT2D eigenvalue weighted by Gasteiger charge is -2.16. The largest absolute Gasteiger partial charge is 0.496 e. The number of aryl methyl sites for hydroxylation is 1. The Kier molecular flexibility index (Phi) is 4.03. The minimum Gasteiger partial charge on any atom is -0.496 e. The monoisotopic (exact) mass is 356 g/mol. The van der Waals surface area contributed by atoms with E-state index < -0.39 is 0 Å². The average molecular weight is 357 g/mol. The first-order valence-electron chi connectivity index (χ1n) is 7.06. The second-order valence-corrected chi connectivity index (χ2v) is 6.01. The molecule has 3 nitrogen and oxygen atoms in total. The van der Waals surface area contributed by atoms with Crippen LogP contribution in [0.5, 0.6) is 5.75 Å². The number of methoxy groups -OCH3 is 1. The molecule has 0 bridgehead atoms. The Bertz CT molecular complexity index is 846. The van der Waals surface area contributed by atoms with Crippen molar-refractivity contribution in [3.63, 3.8) is 0 Å². The molecule has 1 heterocycles. The third kappa shape index (κ3) is 2.55. The van der Waals surface area contributed by atoms with E-state index in [2.05, 4.69) is 45.3 Å². The second kappa shape index (κ2) is 5.97. The van der Waals surface area contributed by atoms with E-state index in [1.165, 1.54) is 0 Å². The van der Waals surface area contributed by atoms with Crippen LogP contribution in [0, 0.1) is 13.8 Å². The summed E-state index contributed by atoms with van der Waals surface area (Å²) >= 11 is 3.67. The quantitative estimate of drug-likeness (QED) is 0.685. The van der Waals surface area contributed by atoms with Crippen LogP contribution in [-0.2, 0) is 0 Å². The van der Waals surface area contributed by atoms with Gasteiger partial charge in [0.2, 0.25) is 0 Å². The Morgan fingerprint density at radius 3 is 2.64 bits per heavy atom. The third-order valence-electron chi connectivity index (χ3n) is 3.82. The normalized spacial score (nSPS) is 10.7. The zero-order chi connectivity index (χ0) is 15.7. The van der Waals surface area contributed by atoms with Gasteiger partial charge in [0.25, 0.3) is 0 Å². The highest BCUT2D eigenvalue weighted by atomic mass is 79.9. The molecule has 0 aliphatic carbocycles. The molecule has 3 aromatic rings. The predicted octanol–water partition coefficient (Wildman–Crippen LogP) is 5.37. The minimum atomic E-state index is 0.804. The maximum absolute atomic E-state index is 5.41. The van der Waals surface area contributed by atoms with E-state index in [1.807, 2.05) is 37.4 Å². The third-order valence-corrected chi connectivity index (χ3v) is 4.63. The van der Waals surface area contributed by atoms with Gasteiger partial charge in [-0.1, -0.05) is 30.3 Å². The molecule has 0 spiro atoms. The molecule has 1 N–H and O–H groups in total. The summed E-state index contributed by atoms with van der Waals surface area (Å²) in [6.07, 6.45) is 1.88. The van der Waals surface area contributed by atoms with Crippen LogP contribution >= 0.6 is 15.9 Å². The summed E-state index contributed by atoms with van der Waals surface area (Å²) in [6.45, 7) is 4.12. The molecular formula is C18H17BrN2O. The number of nitrogens with one attached hydrogen (secondary N) is 1. The molecule has 0 radical (unpaired) electrons. The van der Waals surface area contributed by atoms with Gasteiger partial charge in [-0.2, -0.15) is 0 Å². The highest BCUT2D eigenvalue weighted by Gasteiger charge is 2.12. The van der Waals surface area contributed by atoms with Crippen LogP contribution in [0.3, 0.4) is 0 Å². The van der Waals surface area contributed by atoms with Gasteiger partial charge in [0.15, 0.2) is 0 Å². The lowest BCUT2D eigenvalue weighted by atomic mass is 10.1. The van der Waals surface area contributed by atoms with Crippen LogP contribution in [0.1, 0.15) is 11.1 Å². The van der Waals surface area contributed by atoms with Crippen LogP contribution < -0.4 is 10.1 Å². The predicted molar refractivity (Wildman–Crippen MR) is 95.2 cm³/mol. The molecule has 2 aromatic carbocycles. The Hall–Kier alpha value is -2.07. The smallest absolute Gasteiger partial charge is 0.145 e. The number of halogens is 1. The first-order valence-corrected chi connectivity index (χ1v) is 7.85. The van der Waals surface area contributed by atoms with Crippen LogP contribution in [-0.4, -0.2) is 12.1 Å². The number of ether oxygens (including phenoxy) is 1. The fraction of sp³-hybridized carbons (Fsp3) is 0.167. The van der Waals surface area contributed by atoms with Crippen molar-refractivity contribution in [2.75, 3.05) is 12.4 Å². The summed E-state index contributed by atoms with van der Waals surface area (Å²) in [5.74, 6) is 1.67. The number of hydrogen-bond donors (Lipinski definition) is 1. The van der Waals surface area contributed by atoms with Crippen LogP contribution in [0.25, 0.3) is 10.8 Å². The molecule has 0 atom stereocenters. The topological polar surface area (TPSA) is 34.1 Å². The highest BCUT2D eigenvalue weighted by Crippen LogP contribution is 2.35. The summed E-state index contributed by atoms with van der Waals surface area (Å²) in [6, 6.07) is 12.2. The zero-order valence-corrected chi connectivity index (χ0v) is 14.4. The first kappa shape index (κ1) is 14.9.